The molecule has 0 unspecified atom stereocenters. The summed E-state index contributed by atoms with van der Waals surface area (Å²) >= 11 is 0. The second-order valence-electron chi connectivity index (χ2n) is 2.23. The molecule has 0 aliphatic carbocycles. The second kappa shape index (κ2) is 5.88. The molecule has 0 spiro atoms. The molecule has 0 aromatic heterocycles. The monoisotopic (exact) mass is 159 g/mol. The molecule has 0 aromatic rings. The van der Waals surface area contributed by atoms with Crippen molar-refractivity contribution in [3.05, 3.63) is 11.6 Å². The fourth-order valence-electron chi connectivity index (χ4n) is 0.626. The summed E-state index contributed by atoms with van der Waals surface area (Å²) in [5, 5.41) is 19.5. The number of carbonyl (C=O) groups is 1. The molecule has 0 rings (SSSR count). The minimum atomic E-state index is -0.937. The third kappa shape index (κ3) is 7.02. The van der Waals surface area contributed by atoms with E-state index in [4.69, 9.17) is 10.2 Å². The van der Waals surface area contributed by atoms with Gasteiger partial charge in [0.05, 0.1) is 6.61 Å². The number of rotatable bonds is 5. The number of nitrogens with one attached hydrogen (secondary N) is 1. The quantitative estimate of drug-likeness (QED) is 0.377. The number of aliphatic hydroxyl groups is 1. The standard InChI is InChI=1S/C7H13NO3/c1-6(4-7(10)11)5-8-2-3-9/h4,8-9H,2-3,5H2,1H3,(H,10,11). The maximum absolute atomic E-state index is 10.1. The van der Waals surface area contributed by atoms with Gasteiger partial charge in [0.25, 0.3) is 0 Å². The lowest BCUT2D eigenvalue weighted by molar-refractivity contribution is -0.131. The van der Waals surface area contributed by atoms with Crippen LogP contribution in [0.25, 0.3) is 0 Å². The van der Waals surface area contributed by atoms with Gasteiger partial charge in [-0.2, -0.15) is 0 Å². The molecule has 0 aliphatic heterocycles. The van der Waals surface area contributed by atoms with Crippen molar-refractivity contribution in [1.29, 1.82) is 0 Å². The molecule has 0 atom stereocenters. The molecule has 0 saturated carbocycles. The summed E-state index contributed by atoms with van der Waals surface area (Å²) in [4.78, 5) is 10.1. The van der Waals surface area contributed by atoms with E-state index in [0.717, 1.165) is 11.6 Å². The van der Waals surface area contributed by atoms with E-state index < -0.39 is 5.97 Å². The molecule has 0 heterocycles. The van der Waals surface area contributed by atoms with Crippen molar-refractivity contribution in [3.63, 3.8) is 0 Å². The molecule has 0 aliphatic rings. The molecule has 0 aromatic carbocycles. The van der Waals surface area contributed by atoms with E-state index in [9.17, 15) is 4.79 Å². The highest BCUT2D eigenvalue weighted by Crippen LogP contribution is 1.88. The number of carboxylic acids is 1. The van der Waals surface area contributed by atoms with Gasteiger partial charge in [0.1, 0.15) is 0 Å². The highest BCUT2D eigenvalue weighted by Gasteiger charge is 1.92. The van der Waals surface area contributed by atoms with Crippen molar-refractivity contribution in [2.45, 2.75) is 6.92 Å². The Morgan fingerprint density at radius 3 is 2.73 bits per heavy atom. The van der Waals surface area contributed by atoms with E-state index in [2.05, 4.69) is 5.32 Å². The van der Waals surface area contributed by atoms with Crippen LogP contribution in [-0.4, -0.2) is 35.9 Å². The fraction of sp³-hybridized carbons (Fsp3) is 0.571. The van der Waals surface area contributed by atoms with Gasteiger partial charge in [-0.15, -0.1) is 0 Å². The van der Waals surface area contributed by atoms with Gasteiger partial charge < -0.3 is 15.5 Å². The van der Waals surface area contributed by atoms with Crippen LogP contribution in [0, 0.1) is 0 Å². The Hall–Kier alpha value is -0.870. The van der Waals surface area contributed by atoms with Gasteiger partial charge >= 0.3 is 5.97 Å². The molecule has 3 N–H and O–H groups in total. The molecule has 4 heteroatoms. The predicted molar refractivity (Wildman–Crippen MR) is 41.3 cm³/mol. The number of carboxylic acid groups (broad SMARTS) is 1. The van der Waals surface area contributed by atoms with E-state index >= 15 is 0 Å². The van der Waals surface area contributed by atoms with Crippen LogP contribution in [0.2, 0.25) is 0 Å². The minimum absolute atomic E-state index is 0.0698. The number of hydrogen-bond donors (Lipinski definition) is 3. The lowest BCUT2D eigenvalue weighted by Crippen LogP contribution is -2.20. The third-order valence-electron chi connectivity index (χ3n) is 1.06. The summed E-state index contributed by atoms with van der Waals surface area (Å²) in [6.45, 7) is 2.79. The highest BCUT2D eigenvalue weighted by atomic mass is 16.4. The molecular weight excluding hydrogens is 146 g/mol. The average molecular weight is 159 g/mol. The Balaban J connectivity index is 3.51. The van der Waals surface area contributed by atoms with E-state index in [1.54, 1.807) is 6.92 Å². The van der Waals surface area contributed by atoms with E-state index in [-0.39, 0.29) is 6.61 Å². The normalized spacial score (nSPS) is 11.6. The Kier molecular flexibility index (Phi) is 5.42. The van der Waals surface area contributed by atoms with Crippen molar-refractivity contribution in [2.75, 3.05) is 19.7 Å². The second-order valence-corrected chi connectivity index (χ2v) is 2.23. The number of hydrogen-bond acceptors (Lipinski definition) is 3. The summed E-state index contributed by atoms with van der Waals surface area (Å²) in [6.07, 6.45) is 1.14. The molecular formula is C7H13NO3. The van der Waals surface area contributed by atoms with Crippen LogP contribution in [0.4, 0.5) is 0 Å². The topological polar surface area (TPSA) is 69.6 Å². The van der Waals surface area contributed by atoms with Gasteiger partial charge in [-0.25, -0.2) is 4.79 Å². The summed E-state index contributed by atoms with van der Waals surface area (Å²) in [5.74, 6) is -0.937. The van der Waals surface area contributed by atoms with Crippen LogP contribution in [0.15, 0.2) is 11.6 Å². The molecule has 0 bridgehead atoms. The van der Waals surface area contributed by atoms with Gasteiger partial charge in [-0.3, -0.25) is 0 Å². The fourth-order valence-corrected chi connectivity index (χ4v) is 0.626. The number of aliphatic hydroxyl groups excluding tert-OH is 1. The first-order chi connectivity index (χ1) is 5.16. The maximum Gasteiger partial charge on any atom is 0.328 e. The molecule has 11 heavy (non-hydrogen) atoms. The molecule has 4 nitrogen and oxygen atoms in total. The van der Waals surface area contributed by atoms with Crippen molar-refractivity contribution in [3.8, 4) is 0 Å². The van der Waals surface area contributed by atoms with Crippen LogP contribution < -0.4 is 5.32 Å². The van der Waals surface area contributed by atoms with Gasteiger partial charge in [-0.05, 0) is 6.92 Å². The van der Waals surface area contributed by atoms with Crippen LogP contribution in [0.5, 0.6) is 0 Å². The van der Waals surface area contributed by atoms with Crippen molar-refractivity contribution >= 4 is 5.97 Å². The smallest absolute Gasteiger partial charge is 0.328 e. The first kappa shape index (κ1) is 10.1. The average Bonchev–Trinajstić information content (AvgIpc) is 1.86. The summed E-state index contributed by atoms with van der Waals surface area (Å²) in [6, 6.07) is 0. The van der Waals surface area contributed by atoms with Crippen LogP contribution >= 0.6 is 0 Å². The van der Waals surface area contributed by atoms with Crippen LogP contribution in [0.3, 0.4) is 0 Å². The molecule has 0 radical (unpaired) electrons. The lowest BCUT2D eigenvalue weighted by Gasteiger charge is -2.00. The molecule has 0 fully saturated rings. The molecule has 0 amide bonds. The van der Waals surface area contributed by atoms with Gasteiger partial charge in [0.2, 0.25) is 0 Å². The summed E-state index contributed by atoms with van der Waals surface area (Å²) in [5.41, 5.74) is 0.742. The Morgan fingerprint density at radius 1 is 1.64 bits per heavy atom. The van der Waals surface area contributed by atoms with Crippen molar-refractivity contribution in [2.24, 2.45) is 0 Å². The maximum atomic E-state index is 10.1. The van der Waals surface area contributed by atoms with Gasteiger partial charge in [-0.1, -0.05) is 5.57 Å². The third-order valence-corrected chi connectivity index (χ3v) is 1.06. The van der Waals surface area contributed by atoms with Gasteiger partial charge in [0, 0.05) is 19.2 Å². The zero-order valence-electron chi connectivity index (χ0n) is 6.50. The SMILES string of the molecule is CC(=CC(=O)O)CNCCO. The highest BCUT2D eigenvalue weighted by molar-refractivity contribution is 5.80. The zero-order valence-corrected chi connectivity index (χ0v) is 6.50. The van der Waals surface area contributed by atoms with E-state index in [1.165, 1.54) is 0 Å². The van der Waals surface area contributed by atoms with Crippen molar-refractivity contribution < 1.29 is 15.0 Å². The van der Waals surface area contributed by atoms with E-state index in [1.807, 2.05) is 0 Å². The Morgan fingerprint density at radius 2 is 2.27 bits per heavy atom. The molecule has 0 saturated heterocycles. The van der Waals surface area contributed by atoms with Crippen LogP contribution in [0.1, 0.15) is 6.92 Å². The molecule has 64 valence electrons. The van der Waals surface area contributed by atoms with Gasteiger partial charge in [0.15, 0.2) is 0 Å². The number of aliphatic carboxylic acids is 1. The zero-order chi connectivity index (χ0) is 8.69. The first-order valence-corrected chi connectivity index (χ1v) is 3.38. The summed E-state index contributed by atoms with van der Waals surface area (Å²) in [7, 11) is 0. The first-order valence-electron chi connectivity index (χ1n) is 3.38. The predicted octanol–water partition coefficient (Wildman–Crippen LogP) is -0.401. The Bertz CT molecular complexity index is 154. The van der Waals surface area contributed by atoms with Crippen LogP contribution in [-0.2, 0) is 4.79 Å². The summed E-state index contributed by atoms with van der Waals surface area (Å²) < 4.78 is 0. The van der Waals surface area contributed by atoms with E-state index in [0.29, 0.717) is 13.1 Å². The Labute approximate surface area is 65.5 Å². The van der Waals surface area contributed by atoms with Crippen molar-refractivity contribution in [1.82, 2.24) is 5.32 Å². The minimum Gasteiger partial charge on any atom is -0.478 e. The lowest BCUT2D eigenvalue weighted by atomic mass is 10.3. The largest absolute Gasteiger partial charge is 0.478 e.